The Labute approximate surface area is 212 Å². The van der Waals surface area contributed by atoms with E-state index in [-0.39, 0.29) is 30.4 Å². The topological polar surface area (TPSA) is 70.2 Å². The molecule has 1 amide bonds. The van der Waals surface area contributed by atoms with E-state index in [1.807, 2.05) is 11.8 Å². The molecule has 3 atom stereocenters. The van der Waals surface area contributed by atoms with Crippen LogP contribution in [0.15, 0.2) is 42.5 Å². The van der Waals surface area contributed by atoms with Crippen LogP contribution in [0.4, 0.5) is 4.39 Å². The average molecular weight is 526 g/mol. The summed E-state index contributed by atoms with van der Waals surface area (Å²) >= 11 is 6.16. The van der Waals surface area contributed by atoms with E-state index in [4.69, 9.17) is 16.3 Å². The number of benzene rings is 2. The summed E-state index contributed by atoms with van der Waals surface area (Å²) in [7, 11) is -1.95. The highest BCUT2D eigenvalue weighted by atomic mass is 35.5. The third kappa shape index (κ3) is 6.94. The van der Waals surface area contributed by atoms with Gasteiger partial charge < -0.3 is 9.64 Å². The Morgan fingerprint density at radius 3 is 2.46 bits per heavy atom. The van der Waals surface area contributed by atoms with E-state index in [0.717, 1.165) is 11.8 Å². The highest BCUT2D eigenvalue weighted by Gasteiger charge is 2.32. The normalized spacial score (nSPS) is 20.2. The molecule has 0 spiro atoms. The van der Waals surface area contributed by atoms with E-state index < -0.39 is 16.1 Å². The van der Waals surface area contributed by atoms with Crippen LogP contribution in [0.5, 0.6) is 5.75 Å². The lowest BCUT2D eigenvalue weighted by molar-refractivity contribution is -0.139. The zero-order valence-corrected chi connectivity index (χ0v) is 22.3. The van der Waals surface area contributed by atoms with Gasteiger partial charge in [-0.2, -0.15) is 4.31 Å². The Morgan fingerprint density at radius 2 is 1.83 bits per heavy atom. The Bertz CT molecular complexity index is 1150. The first kappa shape index (κ1) is 27.4. The fourth-order valence-corrected chi connectivity index (χ4v) is 5.14. The van der Waals surface area contributed by atoms with Crippen LogP contribution in [0.25, 0.3) is 0 Å². The van der Waals surface area contributed by atoms with Crippen molar-refractivity contribution in [2.45, 2.75) is 45.4 Å². The summed E-state index contributed by atoms with van der Waals surface area (Å²) in [5.41, 5.74) is 1.61. The first-order valence-electron chi connectivity index (χ1n) is 11.5. The van der Waals surface area contributed by atoms with Crippen LogP contribution < -0.4 is 4.74 Å². The van der Waals surface area contributed by atoms with Crippen LogP contribution >= 0.6 is 11.6 Å². The number of hydrogen-bond donors (Lipinski definition) is 0. The van der Waals surface area contributed by atoms with Crippen molar-refractivity contribution >= 4 is 27.5 Å². The van der Waals surface area contributed by atoms with Crippen molar-refractivity contribution in [3.05, 3.63) is 64.4 Å². The van der Waals surface area contributed by atoms with Crippen LogP contribution in [-0.2, 0) is 21.4 Å². The Morgan fingerprint density at radius 1 is 1.17 bits per heavy atom. The second kappa shape index (κ2) is 11.2. The minimum atomic E-state index is -3.44. The molecule has 192 valence electrons. The van der Waals surface area contributed by atoms with Crippen molar-refractivity contribution in [3.63, 3.8) is 0 Å². The van der Waals surface area contributed by atoms with E-state index in [1.54, 1.807) is 37.3 Å². The Balaban J connectivity index is 1.65. The van der Waals surface area contributed by atoms with Crippen LogP contribution in [0.1, 0.15) is 37.9 Å². The molecule has 35 heavy (non-hydrogen) atoms. The first-order valence-corrected chi connectivity index (χ1v) is 13.7. The lowest BCUT2D eigenvalue weighted by atomic mass is 10.1. The van der Waals surface area contributed by atoms with Crippen LogP contribution in [0, 0.1) is 5.82 Å². The van der Waals surface area contributed by atoms with E-state index in [1.165, 1.54) is 23.5 Å². The third-order valence-corrected chi connectivity index (χ3v) is 8.17. The summed E-state index contributed by atoms with van der Waals surface area (Å²) in [6.07, 6.45) is 1.14. The molecule has 2 aromatic carbocycles. The zero-order chi connectivity index (χ0) is 25.9. The number of amides is 1. The largest absolute Gasteiger partial charge is 0.483 e. The molecule has 2 aromatic rings. The van der Waals surface area contributed by atoms with Gasteiger partial charge in [0.05, 0.1) is 12.3 Å². The molecule has 1 aliphatic heterocycles. The molecule has 0 bridgehead atoms. The summed E-state index contributed by atoms with van der Waals surface area (Å²) < 4.78 is 44.4. The maximum Gasteiger partial charge on any atom is 0.260 e. The molecule has 0 aromatic heterocycles. The number of hydrogen-bond acceptors (Lipinski definition) is 5. The minimum Gasteiger partial charge on any atom is -0.483 e. The molecule has 0 N–H and O–H groups in total. The summed E-state index contributed by atoms with van der Waals surface area (Å²) in [6, 6.07) is 11.0. The van der Waals surface area contributed by atoms with Crippen LogP contribution in [0.3, 0.4) is 0 Å². The van der Waals surface area contributed by atoms with Crippen LogP contribution in [0.2, 0.25) is 5.02 Å². The van der Waals surface area contributed by atoms with E-state index in [2.05, 4.69) is 11.8 Å². The van der Waals surface area contributed by atoms with Gasteiger partial charge in [-0.25, -0.2) is 12.8 Å². The van der Waals surface area contributed by atoms with Crippen molar-refractivity contribution in [2.24, 2.45) is 0 Å². The molecule has 1 heterocycles. The molecule has 0 radical (unpaired) electrons. The van der Waals surface area contributed by atoms with Crippen molar-refractivity contribution < 1.29 is 22.3 Å². The lowest BCUT2D eigenvalue weighted by Gasteiger charge is -2.44. The second-order valence-electron chi connectivity index (χ2n) is 9.23. The fourth-order valence-electron chi connectivity index (χ4n) is 4.27. The smallest absolute Gasteiger partial charge is 0.260 e. The number of carbonyl (C=O) groups is 1. The van der Waals surface area contributed by atoms with Gasteiger partial charge in [-0.05, 0) is 56.7 Å². The highest BCUT2D eigenvalue weighted by molar-refractivity contribution is 7.88. The van der Waals surface area contributed by atoms with Crippen molar-refractivity contribution in [1.82, 2.24) is 14.1 Å². The maximum atomic E-state index is 13.2. The van der Waals surface area contributed by atoms with Gasteiger partial charge in [0.2, 0.25) is 10.0 Å². The quantitative estimate of drug-likeness (QED) is 0.522. The Hall–Kier alpha value is -2.20. The summed E-state index contributed by atoms with van der Waals surface area (Å²) in [5, 5.41) is 0.451. The van der Waals surface area contributed by atoms with Crippen molar-refractivity contribution in [2.75, 3.05) is 33.0 Å². The molecular formula is C25H33ClFN3O4S. The Kier molecular flexibility index (Phi) is 8.80. The first-order chi connectivity index (χ1) is 16.4. The minimum absolute atomic E-state index is 0.0253. The molecule has 7 nitrogen and oxygen atoms in total. The lowest BCUT2D eigenvalue weighted by Crippen LogP contribution is -2.58. The molecule has 0 saturated carbocycles. The van der Waals surface area contributed by atoms with Gasteiger partial charge in [0.15, 0.2) is 6.61 Å². The standard InChI is InChI=1S/C25H33ClFN3O4S/c1-17-14-30(18(2)13-29(17)15-20-6-9-22(27)10-7-20)25(31)16-34-24-11-8-21(26)12-23(24)19(3)28(4)35(5,32)33/h6-12,17-19H,13-16H2,1-5H3. The van der Waals surface area contributed by atoms with Crippen molar-refractivity contribution in [1.29, 1.82) is 0 Å². The molecule has 10 heteroatoms. The monoisotopic (exact) mass is 525 g/mol. The number of ether oxygens (including phenoxy) is 1. The molecular weight excluding hydrogens is 493 g/mol. The number of piperazine rings is 1. The van der Waals surface area contributed by atoms with E-state index in [0.29, 0.717) is 36.0 Å². The van der Waals surface area contributed by atoms with Gasteiger partial charge in [-0.15, -0.1) is 0 Å². The average Bonchev–Trinajstić information content (AvgIpc) is 2.80. The second-order valence-corrected chi connectivity index (χ2v) is 11.7. The van der Waals surface area contributed by atoms with Gasteiger partial charge in [0.25, 0.3) is 5.91 Å². The molecule has 1 fully saturated rings. The van der Waals surface area contributed by atoms with Gasteiger partial charge in [-0.3, -0.25) is 9.69 Å². The van der Waals surface area contributed by atoms with Gasteiger partial charge in [-0.1, -0.05) is 23.7 Å². The highest BCUT2D eigenvalue weighted by Crippen LogP contribution is 2.32. The number of halogens is 2. The molecule has 3 unspecified atom stereocenters. The summed E-state index contributed by atoms with van der Waals surface area (Å²) in [5.74, 6) is 0.0176. The number of nitrogens with zero attached hydrogens (tertiary/aromatic N) is 3. The third-order valence-electron chi connectivity index (χ3n) is 6.58. The van der Waals surface area contributed by atoms with E-state index >= 15 is 0 Å². The van der Waals surface area contributed by atoms with Gasteiger partial charge in [0.1, 0.15) is 11.6 Å². The van der Waals surface area contributed by atoms with Crippen LogP contribution in [-0.4, -0.2) is 73.5 Å². The molecule has 1 saturated heterocycles. The predicted molar refractivity (Wildman–Crippen MR) is 135 cm³/mol. The van der Waals surface area contributed by atoms with Gasteiger partial charge >= 0.3 is 0 Å². The summed E-state index contributed by atoms with van der Waals surface area (Å²) in [4.78, 5) is 17.2. The van der Waals surface area contributed by atoms with Gasteiger partial charge in [0, 0.05) is 49.4 Å². The van der Waals surface area contributed by atoms with Crippen molar-refractivity contribution in [3.8, 4) is 5.75 Å². The summed E-state index contributed by atoms with van der Waals surface area (Å²) in [6.45, 7) is 7.56. The number of carbonyl (C=O) groups excluding carboxylic acids is 1. The molecule has 1 aliphatic rings. The fraction of sp³-hybridized carbons (Fsp3) is 0.480. The van der Waals surface area contributed by atoms with E-state index in [9.17, 15) is 17.6 Å². The number of sulfonamides is 1. The predicted octanol–water partition coefficient (Wildman–Crippen LogP) is 3.93. The zero-order valence-electron chi connectivity index (χ0n) is 20.7. The maximum absolute atomic E-state index is 13.2. The molecule has 3 rings (SSSR count). The molecule has 0 aliphatic carbocycles. The SMILES string of the molecule is CC1CN(C(=O)COc2ccc(Cl)cc2C(C)N(C)S(C)(=O)=O)C(C)CN1Cc1ccc(F)cc1. The number of rotatable bonds is 8.